The average Bonchev–Trinajstić information content (AvgIpc) is 3.11. The summed E-state index contributed by atoms with van der Waals surface area (Å²) in [5.41, 5.74) is 4.17. The van der Waals surface area contributed by atoms with Crippen LogP contribution in [0.3, 0.4) is 0 Å². The number of nitrogens with zero attached hydrogens (tertiary/aromatic N) is 3. The van der Waals surface area contributed by atoms with E-state index in [1.54, 1.807) is 7.11 Å². The maximum atomic E-state index is 9.62. The first kappa shape index (κ1) is 17.6. The number of H-pyrrole nitrogens is 1. The second-order valence-corrected chi connectivity index (χ2v) is 5.87. The lowest BCUT2D eigenvalue weighted by Crippen LogP contribution is -2.21. The van der Waals surface area contributed by atoms with Crippen molar-refractivity contribution in [2.75, 3.05) is 25.1 Å². The van der Waals surface area contributed by atoms with E-state index in [2.05, 4.69) is 40.9 Å². The largest absolute Gasteiger partial charge is 0.496 e. The first-order valence-corrected chi connectivity index (χ1v) is 8.70. The van der Waals surface area contributed by atoms with E-state index in [4.69, 9.17) is 4.74 Å². The van der Waals surface area contributed by atoms with E-state index < -0.39 is 0 Å². The van der Waals surface area contributed by atoms with E-state index in [0.717, 1.165) is 41.1 Å². The molecule has 0 aliphatic heterocycles. The van der Waals surface area contributed by atoms with Crippen molar-refractivity contribution in [3.8, 4) is 11.8 Å². The summed E-state index contributed by atoms with van der Waals surface area (Å²) >= 11 is 0. The Bertz CT molecular complexity index is 944. The predicted octanol–water partition coefficient (Wildman–Crippen LogP) is 4.48. The molecule has 2 aromatic carbocycles. The quantitative estimate of drug-likeness (QED) is 0.668. The molecular weight excluding hydrogens is 324 g/mol. The number of allylic oxidation sites excluding steroid dienone is 1. The van der Waals surface area contributed by atoms with Gasteiger partial charge in [-0.15, -0.1) is 0 Å². The van der Waals surface area contributed by atoms with Crippen molar-refractivity contribution in [1.29, 1.82) is 5.26 Å². The van der Waals surface area contributed by atoms with Gasteiger partial charge in [-0.2, -0.15) is 5.26 Å². The Labute approximate surface area is 153 Å². The summed E-state index contributed by atoms with van der Waals surface area (Å²) in [5, 5.41) is 9.62. The monoisotopic (exact) mass is 346 g/mol. The highest BCUT2D eigenvalue weighted by molar-refractivity contribution is 5.91. The summed E-state index contributed by atoms with van der Waals surface area (Å²) < 4.78 is 5.55. The second-order valence-electron chi connectivity index (χ2n) is 5.87. The molecule has 0 unspecified atom stereocenters. The number of nitriles is 1. The number of methoxy groups -OCH3 is 1. The fraction of sp³-hybridized carbons (Fsp3) is 0.238. The van der Waals surface area contributed by atoms with Gasteiger partial charge in [0.05, 0.1) is 23.7 Å². The molecule has 0 saturated heterocycles. The number of hydrogen-bond acceptors (Lipinski definition) is 4. The minimum Gasteiger partial charge on any atom is -0.496 e. The van der Waals surface area contributed by atoms with Crippen molar-refractivity contribution in [2.45, 2.75) is 13.8 Å². The van der Waals surface area contributed by atoms with Crippen molar-refractivity contribution in [1.82, 2.24) is 9.97 Å². The zero-order valence-electron chi connectivity index (χ0n) is 15.3. The van der Waals surface area contributed by atoms with Crippen LogP contribution in [0.25, 0.3) is 22.7 Å². The Kier molecular flexibility index (Phi) is 5.23. The van der Waals surface area contributed by atoms with Crippen molar-refractivity contribution in [3.63, 3.8) is 0 Å². The third-order valence-corrected chi connectivity index (χ3v) is 4.41. The predicted molar refractivity (Wildman–Crippen MR) is 106 cm³/mol. The number of nitrogens with one attached hydrogen (secondary N) is 1. The lowest BCUT2D eigenvalue weighted by Gasteiger charge is -2.22. The molecule has 26 heavy (non-hydrogen) atoms. The number of benzene rings is 2. The van der Waals surface area contributed by atoms with Gasteiger partial charge in [0.25, 0.3) is 0 Å². The molecule has 0 bridgehead atoms. The minimum atomic E-state index is 0.468. The number of aromatic amines is 1. The Morgan fingerprint density at radius 2 is 2.00 bits per heavy atom. The van der Waals surface area contributed by atoms with Gasteiger partial charge in [-0.1, -0.05) is 12.1 Å². The van der Waals surface area contributed by atoms with Gasteiger partial charge in [0.15, 0.2) is 0 Å². The van der Waals surface area contributed by atoms with Gasteiger partial charge in [-0.25, -0.2) is 4.98 Å². The van der Waals surface area contributed by atoms with E-state index in [1.807, 2.05) is 42.5 Å². The van der Waals surface area contributed by atoms with Crippen LogP contribution in [0.5, 0.6) is 5.75 Å². The second kappa shape index (κ2) is 7.75. The SMILES string of the molecule is CCN(CC)c1ccc(C=C(C#N)c2nc3ccccc3[nH]2)c(OC)c1. The van der Waals surface area contributed by atoms with Gasteiger partial charge < -0.3 is 14.6 Å². The fourth-order valence-electron chi connectivity index (χ4n) is 2.99. The summed E-state index contributed by atoms with van der Waals surface area (Å²) in [6.07, 6.45) is 1.81. The number of aromatic nitrogens is 2. The molecule has 132 valence electrons. The maximum absolute atomic E-state index is 9.62. The van der Waals surface area contributed by atoms with Gasteiger partial charge in [0, 0.05) is 30.4 Å². The van der Waals surface area contributed by atoms with Crippen LogP contribution in [0.15, 0.2) is 42.5 Å². The lowest BCUT2D eigenvalue weighted by atomic mass is 10.1. The van der Waals surface area contributed by atoms with Crippen LogP contribution in [0.2, 0.25) is 0 Å². The van der Waals surface area contributed by atoms with Crippen molar-refractivity contribution < 1.29 is 4.74 Å². The maximum Gasteiger partial charge on any atom is 0.149 e. The first-order valence-electron chi connectivity index (χ1n) is 8.70. The third kappa shape index (κ3) is 3.40. The smallest absolute Gasteiger partial charge is 0.149 e. The molecular formula is C21H22N4O. The van der Waals surface area contributed by atoms with Gasteiger partial charge in [0.1, 0.15) is 17.6 Å². The van der Waals surface area contributed by atoms with Crippen LogP contribution in [0.4, 0.5) is 5.69 Å². The summed E-state index contributed by atoms with van der Waals surface area (Å²) in [6, 6.07) is 16.0. The van der Waals surface area contributed by atoms with Gasteiger partial charge in [-0.3, -0.25) is 0 Å². The highest BCUT2D eigenvalue weighted by Crippen LogP contribution is 2.29. The van der Waals surface area contributed by atoms with E-state index >= 15 is 0 Å². The molecule has 5 nitrogen and oxygen atoms in total. The van der Waals surface area contributed by atoms with Crippen LogP contribution in [-0.4, -0.2) is 30.2 Å². The molecule has 3 rings (SSSR count). The molecule has 1 N–H and O–H groups in total. The van der Waals surface area contributed by atoms with Crippen molar-refractivity contribution >= 4 is 28.4 Å². The Morgan fingerprint density at radius 3 is 2.65 bits per heavy atom. The summed E-state index contributed by atoms with van der Waals surface area (Å²) in [7, 11) is 1.64. The number of fused-ring (bicyclic) bond motifs is 1. The minimum absolute atomic E-state index is 0.468. The van der Waals surface area contributed by atoms with E-state index in [1.165, 1.54) is 0 Å². The zero-order valence-corrected chi connectivity index (χ0v) is 15.3. The normalized spacial score (nSPS) is 11.4. The van der Waals surface area contributed by atoms with Gasteiger partial charge in [-0.05, 0) is 44.2 Å². The highest BCUT2D eigenvalue weighted by Gasteiger charge is 2.11. The third-order valence-electron chi connectivity index (χ3n) is 4.41. The molecule has 0 amide bonds. The number of hydrogen-bond donors (Lipinski definition) is 1. The first-order chi connectivity index (χ1) is 12.7. The van der Waals surface area contributed by atoms with Gasteiger partial charge in [0.2, 0.25) is 0 Å². The standard InChI is InChI=1S/C21H22N4O/c1-4-25(5-2)17-11-10-15(20(13-17)26-3)12-16(14-22)21-23-18-8-6-7-9-19(18)24-21/h6-13H,4-5H2,1-3H3,(H,23,24). The van der Waals surface area contributed by atoms with E-state index in [9.17, 15) is 5.26 Å². The molecule has 1 aromatic heterocycles. The summed E-state index contributed by atoms with van der Waals surface area (Å²) in [6.45, 7) is 6.10. The van der Waals surface area contributed by atoms with Crippen LogP contribution < -0.4 is 9.64 Å². The summed E-state index contributed by atoms with van der Waals surface area (Å²) in [5.74, 6) is 1.29. The lowest BCUT2D eigenvalue weighted by molar-refractivity contribution is 0.414. The van der Waals surface area contributed by atoms with Crippen LogP contribution in [0, 0.1) is 11.3 Å². The molecule has 0 atom stereocenters. The number of anilines is 1. The Morgan fingerprint density at radius 1 is 1.23 bits per heavy atom. The molecule has 0 spiro atoms. The van der Waals surface area contributed by atoms with Crippen molar-refractivity contribution in [2.24, 2.45) is 0 Å². The fourth-order valence-corrected chi connectivity index (χ4v) is 2.99. The number of ether oxygens (including phenoxy) is 1. The molecule has 0 saturated carbocycles. The number of rotatable bonds is 6. The summed E-state index contributed by atoms with van der Waals surface area (Å²) in [4.78, 5) is 9.96. The zero-order chi connectivity index (χ0) is 18.5. The molecule has 0 fully saturated rings. The van der Waals surface area contributed by atoms with E-state index in [0.29, 0.717) is 11.4 Å². The highest BCUT2D eigenvalue weighted by atomic mass is 16.5. The molecule has 3 aromatic rings. The molecule has 0 aliphatic carbocycles. The molecule has 1 heterocycles. The Balaban J connectivity index is 2.02. The Hall–Kier alpha value is -3.26. The van der Waals surface area contributed by atoms with Crippen LogP contribution >= 0.6 is 0 Å². The van der Waals surface area contributed by atoms with Crippen LogP contribution in [0.1, 0.15) is 25.2 Å². The number of imidazole rings is 1. The molecule has 0 aliphatic rings. The average molecular weight is 346 g/mol. The van der Waals surface area contributed by atoms with Crippen LogP contribution in [-0.2, 0) is 0 Å². The van der Waals surface area contributed by atoms with Gasteiger partial charge >= 0.3 is 0 Å². The number of para-hydroxylation sites is 2. The topological polar surface area (TPSA) is 64.9 Å². The molecule has 5 heteroatoms. The molecule has 0 radical (unpaired) electrons. The van der Waals surface area contributed by atoms with E-state index in [-0.39, 0.29) is 0 Å². The van der Waals surface area contributed by atoms with Crippen molar-refractivity contribution in [3.05, 3.63) is 53.9 Å².